The van der Waals surface area contributed by atoms with Crippen LogP contribution in [0.5, 0.6) is 11.5 Å². The zero-order valence-corrected chi connectivity index (χ0v) is 15.9. The Balaban J connectivity index is 1.34. The van der Waals surface area contributed by atoms with Gasteiger partial charge in [-0.15, -0.1) is 0 Å². The Morgan fingerprint density at radius 3 is 2.74 bits per heavy atom. The second-order valence-electron chi connectivity index (χ2n) is 8.31. The molecule has 1 aliphatic carbocycles. The number of carbonyl (C=O) groups is 1. The Morgan fingerprint density at radius 2 is 2.07 bits per heavy atom. The van der Waals surface area contributed by atoms with E-state index in [0.29, 0.717) is 18.0 Å². The number of carbonyl (C=O) groups excluding carboxylic acids is 1. The molecule has 2 heterocycles. The lowest BCUT2D eigenvalue weighted by Gasteiger charge is -2.24. The molecule has 1 saturated heterocycles. The number of ketones is 1. The minimum atomic E-state index is 0.108. The molecule has 1 saturated carbocycles. The summed E-state index contributed by atoms with van der Waals surface area (Å²) in [5, 5.41) is 9.37. The first kappa shape index (κ1) is 18.0. The maximum atomic E-state index is 12.5. The number of Topliss-reactive ketones (excluding diaryl/α,β-unsaturated/α-hetero) is 1. The molecule has 142 valence electrons. The summed E-state index contributed by atoms with van der Waals surface area (Å²) in [6.45, 7) is 6.59. The number of benzene rings is 1. The lowest BCUT2D eigenvalue weighted by atomic mass is 9.83. The lowest BCUT2D eigenvalue weighted by molar-refractivity contribution is 0.0931. The van der Waals surface area contributed by atoms with E-state index in [2.05, 4.69) is 16.8 Å². The van der Waals surface area contributed by atoms with Crippen LogP contribution in [0.3, 0.4) is 0 Å². The fourth-order valence-electron chi connectivity index (χ4n) is 4.62. The molecule has 1 aromatic carbocycles. The molecule has 1 N–H and O–H groups in total. The van der Waals surface area contributed by atoms with Crippen LogP contribution in [-0.2, 0) is 0 Å². The molecule has 0 unspecified atom stereocenters. The summed E-state index contributed by atoms with van der Waals surface area (Å²) in [4.78, 5) is 19.1. The maximum absolute atomic E-state index is 12.5. The Hall–Kier alpha value is -2.40. The van der Waals surface area contributed by atoms with Gasteiger partial charge in [-0.25, -0.2) is 0 Å². The number of fused-ring (bicyclic) bond motifs is 1. The van der Waals surface area contributed by atoms with Gasteiger partial charge >= 0.3 is 0 Å². The molecule has 0 spiro atoms. The largest absolute Gasteiger partial charge is 0.508 e. The number of phenolic OH excluding ortho intramolecular Hbond substituents is 1. The number of hydrogen-bond acceptors (Lipinski definition) is 5. The van der Waals surface area contributed by atoms with Gasteiger partial charge < -0.3 is 9.84 Å². The predicted octanol–water partition coefficient (Wildman–Crippen LogP) is 3.46. The molecule has 4 rings (SSSR count). The van der Waals surface area contributed by atoms with Crippen LogP contribution in [0.15, 0.2) is 42.6 Å². The van der Waals surface area contributed by atoms with E-state index in [0.717, 1.165) is 37.4 Å². The standard InChI is InChI=1S/C22H26N2O3/c1-15-3-8-19(11-23-15)27-20-9-17-12-24(14-22(17,2)10-20)13-21(26)16-4-6-18(25)7-5-16/h3-8,11,17,20,25H,9-10,12-14H2,1-2H3/t17-,20+,22+/m1/s1. The number of nitrogens with zero attached hydrogens (tertiary/aromatic N) is 2. The Morgan fingerprint density at radius 1 is 1.30 bits per heavy atom. The summed E-state index contributed by atoms with van der Waals surface area (Å²) in [7, 11) is 0. The van der Waals surface area contributed by atoms with E-state index >= 15 is 0 Å². The zero-order chi connectivity index (χ0) is 19.0. The number of phenols is 1. The monoisotopic (exact) mass is 366 g/mol. The summed E-state index contributed by atoms with van der Waals surface area (Å²) in [6.07, 6.45) is 4.05. The van der Waals surface area contributed by atoms with E-state index in [1.807, 2.05) is 19.1 Å². The smallest absolute Gasteiger partial charge is 0.176 e. The molecule has 0 amide bonds. The van der Waals surface area contributed by atoms with E-state index in [1.54, 1.807) is 30.5 Å². The van der Waals surface area contributed by atoms with Crippen LogP contribution < -0.4 is 4.74 Å². The van der Waals surface area contributed by atoms with E-state index in [9.17, 15) is 9.90 Å². The summed E-state index contributed by atoms with van der Waals surface area (Å²) < 4.78 is 6.16. The molecule has 1 aliphatic heterocycles. The topological polar surface area (TPSA) is 62.7 Å². The van der Waals surface area contributed by atoms with Gasteiger partial charge in [-0.05, 0) is 67.5 Å². The van der Waals surface area contributed by atoms with Gasteiger partial charge in [-0.1, -0.05) is 6.92 Å². The molecule has 5 nitrogen and oxygen atoms in total. The fraction of sp³-hybridized carbons (Fsp3) is 0.455. The average molecular weight is 366 g/mol. The number of aryl methyl sites for hydroxylation is 1. The molecule has 3 atom stereocenters. The van der Waals surface area contributed by atoms with Crippen molar-refractivity contribution in [2.75, 3.05) is 19.6 Å². The van der Waals surface area contributed by atoms with Crippen LogP contribution >= 0.6 is 0 Å². The maximum Gasteiger partial charge on any atom is 0.176 e. The average Bonchev–Trinajstić information content (AvgIpc) is 3.07. The second kappa shape index (κ2) is 6.97. The van der Waals surface area contributed by atoms with Crippen LogP contribution in [-0.4, -0.2) is 46.5 Å². The van der Waals surface area contributed by atoms with Crippen molar-refractivity contribution < 1.29 is 14.6 Å². The quantitative estimate of drug-likeness (QED) is 0.821. The number of hydrogen-bond donors (Lipinski definition) is 1. The molecule has 0 radical (unpaired) electrons. The SMILES string of the molecule is Cc1ccc(O[C@H]2C[C@@H]3CN(CC(=O)c4ccc(O)cc4)C[C@]3(C)C2)cn1. The highest BCUT2D eigenvalue weighted by atomic mass is 16.5. The normalized spacial score (nSPS) is 27.5. The van der Waals surface area contributed by atoms with Crippen LogP contribution in [0.2, 0.25) is 0 Å². The molecule has 27 heavy (non-hydrogen) atoms. The molecule has 5 heteroatoms. The van der Waals surface area contributed by atoms with Gasteiger partial charge in [0.2, 0.25) is 0 Å². The highest BCUT2D eigenvalue weighted by Gasteiger charge is 2.50. The second-order valence-corrected chi connectivity index (χ2v) is 8.31. The molecule has 2 fully saturated rings. The number of pyridine rings is 1. The van der Waals surface area contributed by atoms with Crippen molar-refractivity contribution in [1.82, 2.24) is 9.88 Å². The first-order chi connectivity index (χ1) is 12.9. The number of likely N-dealkylation sites (tertiary alicyclic amines) is 1. The molecule has 1 aromatic heterocycles. The van der Waals surface area contributed by atoms with E-state index in [1.165, 1.54) is 0 Å². The number of aromatic hydroxyl groups is 1. The molecule has 2 aliphatic rings. The van der Waals surface area contributed by atoms with Gasteiger partial charge in [-0.2, -0.15) is 0 Å². The zero-order valence-electron chi connectivity index (χ0n) is 15.9. The third-order valence-electron chi connectivity index (χ3n) is 6.03. The fourth-order valence-corrected chi connectivity index (χ4v) is 4.62. The lowest BCUT2D eigenvalue weighted by Crippen LogP contribution is -2.31. The number of rotatable bonds is 5. The summed E-state index contributed by atoms with van der Waals surface area (Å²) in [5.74, 6) is 1.68. The van der Waals surface area contributed by atoms with Crippen LogP contribution in [0.4, 0.5) is 0 Å². The Kier molecular flexibility index (Phi) is 4.64. The highest BCUT2D eigenvalue weighted by molar-refractivity contribution is 5.97. The van der Waals surface area contributed by atoms with Crippen molar-refractivity contribution in [3.05, 3.63) is 53.9 Å². The van der Waals surface area contributed by atoms with Crippen LogP contribution in [0.25, 0.3) is 0 Å². The van der Waals surface area contributed by atoms with Crippen molar-refractivity contribution in [2.24, 2.45) is 11.3 Å². The van der Waals surface area contributed by atoms with Crippen molar-refractivity contribution in [3.8, 4) is 11.5 Å². The van der Waals surface area contributed by atoms with Crippen molar-refractivity contribution in [3.63, 3.8) is 0 Å². The van der Waals surface area contributed by atoms with Gasteiger partial charge in [0.1, 0.15) is 11.5 Å². The van der Waals surface area contributed by atoms with Gasteiger partial charge in [0, 0.05) is 24.3 Å². The van der Waals surface area contributed by atoms with Crippen molar-refractivity contribution in [1.29, 1.82) is 0 Å². The third kappa shape index (κ3) is 3.83. The van der Waals surface area contributed by atoms with Crippen molar-refractivity contribution >= 4 is 5.78 Å². The summed E-state index contributed by atoms with van der Waals surface area (Å²) >= 11 is 0. The number of aromatic nitrogens is 1. The molecular formula is C22H26N2O3. The summed E-state index contributed by atoms with van der Waals surface area (Å²) in [5.41, 5.74) is 1.84. The minimum absolute atomic E-state index is 0.108. The van der Waals surface area contributed by atoms with E-state index in [4.69, 9.17) is 4.74 Å². The Bertz CT molecular complexity index is 818. The third-order valence-corrected chi connectivity index (χ3v) is 6.03. The van der Waals surface area contributed by atoms with E-state index < -0.39 is 0 Å². The van der Waals surface area contributed by atoms with Crippen LogP contribution in [0, 0.1) is 18.3 Å². The first-order valence-corrected chi connectivity index (χ1v) is 9.55. The first-order valence-electron chi connectivity index (χ1n) is 9.55. The van der Waals surface area contributed by atoms with Gasteiger partial charge in [-0.3, -0.25) is 14.7 Å². The van der Waals surface area contributed by atoms with Gasteiger partial charge in [0.15, 0.2) is 5.78 Å². The summed E-state index contributed by atoms with van der Waals surface area (Å²) in [6, 6.07) is 10.5. The predicted molar refractivity (Wildman–Crippen MR) is 103 cm³/mol. The minimum Gasteiger partial charge on any atom is -0.508 e. The van der Waals surface area contributed by atoms with Crippen LogP contribution in [0.1, 0.15) is 35.8 Å². The van der Waals surface area contributed by atoms with Gasteiger partial charge in [0.25, 0.3) is 0 Å². The number of ether oxygens (including phenoxy) is 1. The Labute approximate surface area is 160 Å². The van der Waals surface area contributed by atoms with E-state index in [-0.39, 0.29) is 23.1 Å². The molecule has 2 aromatic rings. The highest BCUT2D eigenvalue weighted by Crippen LogP contribution is 2.49. The molecule has 0 bridgehead atoms. The van der Waals surface area contributed by atoms with Gasteiger partial charge in [0.05, 0.1) is 18.8 Å². The molecular weight excluding hydrogens is 340 g/mol. The van der Waals surface area contributed by atoms with Crippen molar-refractivity contribution in [2.45, 2.75) is 32.8 Å².